The van der Waals surface area contributed by atoms with Crippen LogP contribution in [0.15, 0.2) is 66.2 Å². The number of halogens is 6. The highest BCUT2D eigenvalue weighted by Crippen LogP contribution is 2.44. The Hall–Kier alpha value is -5.43. The first-order valence-electron chi connectivity index (χ1n) is 16.5. The van der Waals surface area contributed by atoms with Gasteiger partial charge >= 0.3 is 12.4 Å². The largest absolute Gasteiger partial charge is 0.435 e. The number of rotatable bonds is 8. The first kappa shape index (κ1) is 36.9. The normalized spacial score (nSPS) is 14.4. The molecule has 2 aromatic carbocycles. The van der Waals surface area contributed by atoms with Gasteiger partial charge in [0.2, 0.25) is 0 Å². The zero-order chi connectivity index (χ0) is 38.4. The molecule has 2 fully saturated rings. The third-order valence-electron chi connectivity index (χ3n) is 8.59. The van der Waals surface area contributed by atoms with Gasteiger partial charge in [0, 0.05) is 34.6 Å². The first-order valence-corrected chi connectivity index (χ1v) is 18.2. The highest BCUT2D eigenvalue weighted by molar-refractivity contribution is 7.12. The number of alkyl halides is 6. The zero-order valence-electron chi connectivity index (χ0n) is 28.4. The maximum Gasteiger partial charge on any atom is 0.435 e. The van der Waals surface area contributed by atoms with E-state index in [9.17, 15) is 35.9 Å². The maximum atomic E-state index is 13.0. The van der Waals surface area contributed by atoms with E-state index in [1.807, 2.05) is 0 Å². The van der Waals surface area contributed by atoms with Gasteiger partial charge in [-0.1, -0.05) is 4.49 Å². The van der Waals surface area contributed by atoms with E-state index in [1.54, 1.807) is 67.9 Å². The Morgan fingerprint density at radius 1 is 0.685 bits per heavy atom. The summed E-state index contributed by atoms with van der Waals surface area (Å²) < 4.78 is 84.6. The fourth-order valence-corrected chi connectivity index (χ4v) is 6.78. The van der Waals surface area contributed by atoms with Crippen molar-refractivity contribution in [3.63, 3.8) is 0 Å². The molecule has 280 valence electrons. The quantitative estimate of drug-likeness (QED) is 0.147. The second kappa shape index (κ2) is 14.4. The molecule has 0 saturated heterocycles. The van der Waals surface area contributed by atoms with Gasteiger partial charge in [-0.2, -0.15) is 36.5 Å². The highest BCUT2D eigenvalue weighted by Gasteiger charge is 2.39. The molecule has 6 aromatic rings. The van der Waals surface area contributed by atoms with Gasteiger partial charge in [0.15, 0.2) is 11.4 Å². The molecule has 0 radical (unpaired) electrons. The van der Waals surface area contributed by atoms with Crippen LogP contribution < -0.4 is 10.6 Å². The summed E-state index contributed by atoms with van der Waals surface area (Å²) in [6.07, 6.45) is -5.51. The number of anilines is 2. The van der Waals surface area contributed by atoms with Crippen LogP contribution in [0.25, 0.3) is 11.4 Å². The minimum Gasteiger partial charge on any atom is -0.321 e. The third kappa shape index (κ3) is 8.20. The summed E-state index contributed by atoms with van der Waals surface area (Å²) in [5.74, 6) is -0.371. The minimum absolute atomic E-state index is 0.106. The van der Waals surface area contributed by atoms with Crippen LogP contribution in [0.5, 0.6) is 0 Å². The van der Waals surface area contributed by atoms with Crippen molar-refractivity contribution < 1.29 is 35.9 Å². The molecule has 2 saturated carbocycles. The van der Waals surface area contributed by atoms with Crippen LogP contribution in [0, 0.1) is 13.8 Å². The van der Waals surface area contributed by atoms with Crippen LogP contribution in [0.1, 0.15) is 91.0 Å². The van der Waals surface area contributed by atoms with E-state index in [-0.39, 0.29) is 23.7 Å². The first-order chi connectivity index (χ1) is 25.7. The van der Waals surface area contributed by atoms with Crippen LogP contribution in [0.3, 0.4) is 0 Å². The van der Waals surface area contributed by atoms with Crippen molar-refractivity contribution in [2.45, 2.75) is 63.7 Å². The van der Waals surface area contributed by atoms with E-state index in [0.29, 0.717) is 55.3 Å². The number of nitrogens with zero attached hydrogens (tertiary/aromatic N) is 7. The molecule has 11 nitrogen and oxygen atoms in total. The van der Waals surface area contributed by atoms with E-state index in [2.05, 4.69) is 35.4 Å². The molecular weight excluding hydrogens is 757 g/mol. The van der Waals surface area contributed by atoms with Gasteiger partial charge in [-0.05, 0) is 112 Å². The fourth-order valence-electron chi connectivity index (χ4n) is 5.53. The smallest absolute Gasteiger partial charge is 0.321 e. The monoisotopic (exact) mass is 785 g/mol. The van der Waals surface area contributed by atoms with Crippen molar-refractivity contribution in [2.75, 3.05) is 10.6 Å². The number of nitrogens with one attached hydrogen (secondary N) is 2. The van der Waals surface area contributed by atoms with Crippen molar-refractivity contribution in [3.8, 4) is 11.4 Å². The predicted molar refractivity (Wildman–Crippen MR) is 188 cm³/mol. The molecule has 2 N–H and O–H groups in total. The Labute approximate surface area is 311 Å². The van der Waals surface area contributed by atoms with Gasteiger partial charge in [0.05, 0.1) is 28.3 Å². The fraction of sp³-hybridized carbons (Fsp3) is 0.286. The molecule has 0 atom stereocenters. The number of hydrogen-bond donors (Lipinski definition) is 2. The van der Waals surface area contributed by atoms with Gasteiger partial charge in [0.1, 0.15) is 9.75 Å². The lowest BCUT2D eigenvalue weighted by Crippen LogP contribution is -2.12. The maximum absolute atomic E-state index is 13.0. The van der Waals surface area contributed by atoms with Gasteiger partial charge in [-0.15, -0.1) is 16.4 Å². The molecule has 54 heavy (non-hydrogen) atoms. The van der Waals surface area contributed by atoms with E-state index >= 15 is 0 Å². The lowest BCUT2D eigenvalue weighted by atomic mass is 10.2. The lowest BCUT2D eigenvalue weighted by molar-refractivity contribution is -0.142. The average molecular weight is 786 g/mol. The minimum atomic E-state index is -4.48. The predicted octanol–water partition coefficient (Wildman–Crippen LogP) is 8.97. The zero-order valence-corrected chi connectivity index (χ0v) is 30.0. The molecule has 2 aliphatic carbocycles. The van der Waals surface area contributed by atoms with Crippen LogP contribution in [-0.4, -0.2) is 45.9 Å². The summed E-state index contributed by atoms with van der Waals surface area (Å²) in [6.45, 7) is 3.45. The molecule has 4 heterocycles. The lowest BCUT2D eigenvalue weighted by Gasteiger charge is -2.09. The van der Waals surface area contributed by atoms with E-state index in [0.717, 1.165) is 49.3 Å². The number of benzene rings is 2. The highest BCUT2D eigenvalue weighted by atomic mass is 32.1. The molecule has 0 unspecified atom stereocenters. The number of carbonyl (C=O) groups is 2. The van der Waals surface area contributed by atoms with Crippen LogP contribution in [0.2, 0.25) is 0 Å². The summed E-state index contributed by atoms with van der Waals surface area (Å²) in [5.41, 5.74) is 4.25. The van der Waals surface area contributed by atoms with Crippen molar-refractivity contribution in [1.82, 2.24) is 34.1 Å². The number of aryl methyl sites for hydroxylation is 2. The van der Waals surface area contributed by atoms with Crippen LogP contribution >= 0.6 is 22.9 Å². The molecule has 2 aliphatic rings. The molecule has 2 amide bonds. The molecule has 0 aliphatic heterocycles. The van der Waals surface area contributed by atoms with Crippen molar-refractivity contribution in [2.24, 2.45) is 0 Å². The van der Waals surface area contributed by atoms with Crippen LogP contribution in [-0.2, 0) is 12.4 Å². The van der Waals surface area contributed by atoms with Gasteiger partial charge in [-0.3, -0.25) is 9.59 Å². The van der Waals surface area contributed by atoms with Crippen molar-refractivity contribution in [3.05, 3.63) is 110 Å². The van der Waals surface area contributed by atoms with Crippen LogP contribution in [0.4, 0.5) is 37.7 Å². The van der Waals surface area contributed by atoms with E-state index in [1.165, 1.54) is 20.7 Å². The van der Waals surface area contributed by atoms with E-state index in [4.69, 9.17) is 0 Å². The molecule has 0 spiro atoms. The molecule has 4 aromatic heterocycles. The number of aromatic nitrogens is 7. The van der Waals surface area contributed by atoms with E-state index < -0.39 is 23.7 Å². The summed E-state index contributed by atoms with van der Waals surface area (Å²) >= 11 is 2.25. The third-order valence-corrected chi connectivity index (χ3v) is 10.3. The second-order valence-corrected chi connectivity index (χ2v) is 14.3. The second-order valence-electron chi connectivity index (χ2n) is 12.7. The molecule has 0 bridgehead atoms. The van der Waals surface area contributed by atoms with Gasteiger partial charge in [0.25, 0.3) is 11.8 Å². The van der Waals surface area contributed by atoms with Gasteiger partial charge < -0.3 is 10.6 Å². The molecular formula is C35H29F6N9O2S2. The Bertz CT molecular complexity index is 2140. The summed E-state index contributed by atoms with van der Waals surface area (Å²) in [6, 6.07) is 15.4. The SMILES string of the molecule is Cc1ncsc1C(=O)Nc1ccc(-n2nc(C(F)(F)F)cc2C2CC2)cc1.Cc1nnsc1C(=O)Nc1ccc(-n2nc(C(F)(F)F)cc2C2CC2)cc1. The number of amides is 2. The summed E-state index contributed by atoms with van der Waals surface area (Å²) in [4.78, 5) is 29.4. The van der Waals surface area contributed by atoms with Crippen molar-refractivity contribution >= 4 is 46.1 Å². The summed E-state index contributed by atoms with van der Waals surface area (Å²) in [5, 5.41) is 16.8. The Balaban J connectivity index is 0.000000167. The number of hydrogen-bond acceptors (Lipinski definition) is 9. The Morgan fingerprint density at radius 3 is 1.48 bits per heavy atom. The Kier molecular flexibility index (Phi) is 9.86. The molecule has 19 heteroatoms. The Morgan fingerprint density at radius 2 is 1.13 bits per heavy atom. The average Bonchev–Trinajstić information content (AvgIpc) is 3.93. The number of thiazole rings is 1. The summed E-state index contributed by atoms with van der Waals surface area (Å²) in [7, 11) is 0. The molecule has 8 rings (SSSR count). The standard InChI is InChI=1S/C18H15F3N4OS.C17H14F3N5OS/c1-10-16(27-9-22-10)17(26)23-12-4-6-13(7-5-12)25-14(11-2-3-11)8-15(24-25)18(19,20)21;1-9-15(27-24-22-9)16(26)21-11-4-6-12(7-5-11)25-13(10-2-3-10)8-14(23-25)17(18,19)20/h4-9,11H,2-3H2,1H3,(H,23,26);4-8,10H,2-3H2,1H3,(H,21,26). The topological polar surface area (TPSA) is 133 Å². The van der Waals surface area contributed by atoms with Crippen molar-refractivity contribution in [1.29, 1.82) is 0 Å². The number of carbonyl (C=O) groups excluding carboxylic acids is 2. The van der Waals surface area contributed by atoms with Gasteiger partial charge in [-0.25, -0.2) is 14.3 Å².